The number of halogens is 1. The van der Waals surface area contributed by atoms with Crippen LogP contribution in [0.15, 0.2) is 89.9 Å². The van der Waals surface area contributed by atoms with Crippen molar-refractivity contribution in [3.05, 3.63) is 95.8 Å². The summed E-state index contributed by atoms with van der Waals surface area (Å²) in [5, 5.41) is 24.0. The first-order chi connectivity index (χ1) is 17.1. The van der Waals surface area contributed by atoms with Crippen LogP contribution in [0, 0.1) is 0 Å². The Kier molecular flexibility index (Phi) is 7.92. The molecule has 8 nitrogen and oxygen atoms in total. The van der Waals surface area contributed by atoms with Gasteiger partial charge in [-0.3, -0.25) is 14.3 Å². The lowest BCUT2D eigenvalue weighted by atomic mass is 10.1. The molecule has 2 aromatic carbocycles. The fourth-order valence-electron chi connectivity index (χ4n) is 3.25. The van der Waals surface area contributed by atoms with E-state index in [2.05, 4.69) is 32.3 Å². The van der Waals surface area contributed by atoms with E-state index < -0.39 is 0 Å². The van der Waals surface area contributed by atoms with E-state index >= 15 is 0 Å². The number of hydrazone groups is 1. The van der Waals surface area contributed by atoms with Gasteiger partial charge in [0.1, 0.15) is 5.75 Å². The monoisotopic (exact) mass is 504 g/mol. The van der Waals surface area contributed by atoms with E-state index in [4.69, 9.17) is 11.6 Å². The highest BCUT2D eigenvalue weighted by Gasteiger charge is 2.17. The number of pyridine rings is 1. The molecule has 0 unspecified atom stereocenters. The molecule has 4 aromatic rings. The zero-order valence-electron chi connectivity index (χ0n) is 18.5. The summed E-state index contributed by atoms with van der Waals surface area (Å²) in [6.07, 6.45) is 7.01. The number of nitrogens with zero attached hydrogens (tertiary/aromatic N) is 5. The van der Waals surface area contributed by atoms with Gasteiger partial charge in [-0.05, 0) is 54.4 Å². The number of nitrogens with one attached hydrogen (secondary N) is 1. The number of phenols is 1. The van der Waals surface area contributed by atoms with Crippen LogP contribution in [0.25, 0.3) is 17.1 Å². The molecule has 0 spiro atoms. The van der Waals surface area contributed by atoms with E-state index in [0.29, 0.717) is 28.0 Å². The summed E-state index contributed by atoms with van der Waals surface area (Å²) in [5.41, 5.74) is 5.36. The van der Waals surface area contributed by atoms with E-state index in [1.807, 2.05) is 34.9 Å². The normalized spacial score (nSPS) is 11.0. The van der Waals surface area contributed by atoms with Crippen LogP contribution in [-0.4, -0.2) is 42.7 Å². The number of aromatic nitrogens is 4. The Morgan fingerprint density at radius 3 is 2.66 bits per heavy atom. The van der Waals surface area contributed by atoms with Crippen molar-refractivity contribution in [1.82, 2.24) is 25.2 Å². The Labute approximate surface area is 211 Å². The molecule has 0 saturated heterocycles. The van der Waals surface area contributed by atoms with Gasteiger partial charge in [0.25, 0.3) is 5.91 Å². The minimum atomic E-state index is -0.330. The van der Waals surface area contributed by atoms with Gasteiger partial charge in [0.15, 0.2) is 11.0 Å². The quantitative estimate of drug-likeness (QED) is 0.149. The summed E-state index contributed by atoms with van der Waals surface area (Å²) in [4.78, 5) is 16.5. The molecule has 176 valence electrons. The Morgan fingerprint density at radius 2 is 1.91 bits per heavy atom. The summed E-state index contributed by atoms with van der Waals surface area (Å²) >= 11 is 7.28. The second-order valence-corrected chi connectivity index (χ2v) is 8.66. The fourth-order valence-corrected chi connectivity index (χ4v) is 4.12. The molecule has 2 N–H and O–H groups in total. The van der Waals surface area contributed by atoms with Crippen LogP contribution in [0.1, 0.15) is 11.1 Å². The number of thioether (sulfide) groups is 1. The average Bonchev–Trinajstić information content (AvgIpc) is 3.30. The maximum atomic E-state index is 12.4. The summed E-state index contributed by atoms with van der Waals surface area (Å²) in [6, 6.07) is 16.3. The van der Waals surface area contributed by atoms with Gasteiger partial charge in [-0.2, -0.15) is 5.10 Å². The third-order valence-corrected chi connectivity index (χ3v) is 6.08. The third kappa shape index (κ3) is 5.95. The van der Waals surface area contributed by atoms with Crippen molar-refractivity contribution in [2.24, 2.45) is 5.10 Å². The lowest BCUT2D eigenvalue weighted by molar-refractivity contribution is -0.118. The van der Waals surface area contributed by atoms with Crippen LogP contribution in [0.2, 0.25) is 5.02 Å². The predicted molar refractivity (Wildman–Crippen MR) is 138 cm³/mol. The molecule has 10 heteroatoms. The summed E-state index contributed by atoms with van der Waals surface area (Å²) in [6.45, 7) is 3.68. The van der Waals surface area contributed by atoms with Crippen molar-refractivity contribution < 1.29 is 9.90 Å². The lowest BCUT2D eigenvalue weighted by Crippen LogP contribution is -2.20. The van der Waals surface area contributed by atoms with Crippen LogP contribution in [0.3, 0.4) is 0 Å². The predicted octanol–water partition coefficient (Wildman–Crippen LogP) is 4.66. The molecule has 1 amide bonds. The van der Waals surface area contributed by atoms with Gasteiger partial charge in [-0.1, -0.05) is 41.6 Å². The first kappa shape index (κ1) is 24.2. The van der Waals surface area contributed by atoms with Gasteiger partial charge in [0.05, 0.1) is 12.0 Å². The van der Waals surface area contributed by atoms with Gasteiger partial charge in [0.2, 0.25) is 0 Å². The molecular formula is C25H21ClN6O2S. The average molecular weight is 505 g/mol. The minimum absolute atomic E-state index is 0.0574. The zero-order chi connectivity index (χ0) is 24.6. The summed E-state index contributed by atoms with van der Waals surface area (Å²) < 4.78 is 1.86. The SMILES string of the molecule is C=CCc1cccc(/C=N/NC(=O)CSc2nnc(-c3ccncc3)n2-c2ccc(Cl)cc2)c1O. The Balaban J connectivity index is 1.48. The smallest absolute Gasteiger partial charge is 0.250 e. The van der Waals surface area contributed by atoms with Gasteiger partial charge >= 0.3 is 0 Å². The van der Waals surface area contributed by atoms with Crippen LogP contribution in [0.5, 0.6) is 5.75 Å². The second-order valence-electron chi connectivity index (χ2n) is 7.28. The van der Waals surface area contributed by atoms with E-state index in [0.717, 1.165) is 16.8 Å². The zero-order valence-corrected chi connectivity index (χ0v) is 20.1. The maximum absolute atomic E-state index is 12.4. The number of allylic oxidation sites excluding steroid dienone is 1. The van der Waals surface area contributed by atoms with Gasteiger partial charge in [-0.15, -0.1) is 16.8 Å². The molecule has 0 aliphatic rings. The van der Waals surface area contributed by atoms with E-state index in [-0.39, 0.29) is 17.4 Å². The van der Waals surface area contributed by atoms with E-state index in [1.165, 1.54) is 18.0 Å². The summed E-state index contributed by atoms with van der Waals surface area (Å²) in [7, 11) is 0. The molecule has 0 saturated carbocycles. The number of hydrogen-bond acceptors (Lipinski definition) is 7. The number of para-hydroxylation sites is 1. The number of rotatable bonds is 9. The Bertz CT molecular complexity index is 1360. The number of amides is 1. The first-order valence-electron chi connectivity index (χ1n) is 10.5. The topological polar surface area (TPSA) is 105 Å². The number of benzene rings is 2. The molecule has 0 aliphatic carbocycles. The molecule has 0 radical (unpaired) electrons. The van der Waals surface area contributed by atoms with Crippen LogP contribution >= 0.6 is 23.4 Å². The van der Waals surface area contributed by atoms with Crippen LogP contribution < -0.4 is 5.43 Å². The van der Waals surface area contributed by atoms with E-state index in [1.54, 1.807) is 42.7 Å². The molecular weight excluding hydrogens is 484 g/mol. The number of phenolic OH excluding ortho intramolecular Hbond substituents is 1. The number of carbonyl (C=O) groups is 1. The van der Waals surface area contributed by atoms with Crippen LogP contribution in [-0.2, 0) is 11.2 Å². The molecule has 4 rings (SSSR count). The molecule has 35 heavy (non-hydrogen) atoms. The Morgan fingerprint density at radius 1 is 1.14 bits per heavy atom. The van der Waals surface area contributed by atoms with E-state index in [9.17, 15) is 9.90 Å². The standard InChI is InChI=1S/C25H21ClN6O2S/c1-2-4-17-5-3-6-19(23(17)34)15-28-29-22(33)16-35-25-31-30-24(18-11-13-27-14-12-18)32(25)21-9-7-20(26)8-10-21/h2-3,5-15,34H,1,4,16H2,(H,29,33)/b28-15+. The highest BCUT2D eigenvalue weighted by atomic mass is 35.5. The molecule has 0 fully saturated rings. The van der Waals surface area contributed by atoms with Crippen molar-refractivity contribution in [2.45, 2.75) is 11.6 Å². The van der Waals surface area contributed by atoms with Crippen molar-refractivity contribution >= 4 is 35.5 Å². The van der Waals surface area contributed by atoms with Gasteiger partial charge in [-0.25, -0.2) is 5.43 Å². The highest BCUT2D eigenvalue weighted by Crippen LogP contribution is 2.28. The first-order valence-corrected chi connectivity index (χ1v) is 11.9. The van der Waals surface area contributed by atoms with Crippen molar-refractivity contribution in [2.75, 3.05) is 5.75 Å². The maximum Gasteiger partial charge on any atom is 0.250 e. The van der Waals surface area contributed by atoms with Gasteiger partial charge in [0, 0.05) is 34.2 Å². The molecule has 2 aromatic heterocycles. The molecule has 0 atom stereocenters. The third-order valence-electron chi connectivity index (χ3n) is 4.90. The van der Waals surface area contributed by atoms with Crippen molar-refractivity contribution in [1.29, 1.82) is 0 Å². The van der Waals surface area contributed by atoms with Crippen LogP contribution in [0.4, 0.5) is 0 Å². The number of carbonyl (C=O) groups excluding carboxylic acids is 1. The lowest BCUT2D eigenvalue weighted by Gasteiger charge is -2.10. The Hall–Kier alpha value is -3.95. The molecule has 0 bridgehead atoms. The minimum Gasteiger partial charge on any atom is -0.507 e. The number of hydrogen-bond donors (Lipinski definition) is 2. The van der Waals surface area contributed by atoms with Gasteiger partial charge < -0.3 is 5.11 Å². The highest BCUT2D eigenvalue weighted by molar-refractivity contribution is 7.99. The largest absolute Gasteiger partial charge is 0.507 e. The second kappa shape index (κ2) is 11.5. The fraction of sp³-hybridized carbons (Fsp3) is 0.0800. The number of aromatic hydroxyl groups is 1. The van der Waals surface area contributed by atoms with Crippen molar-refractivity contribution in [3.8, 4) is 22.8 Å². The van der Waals surface area contributed by atoms with Crippen molar-refractivity contribution in [3.63, 3.8) is 0 Å². The molecule has 2 heterocycles. The summed E-state index contributed by atoms with van der Waals surface area (Å²) in [5.74, 6) is 0.455. The molecule has 0 aliphatic heterocycles.